The van der Waals surface area contributed by atoms with Crippen molar-refractivity contribution in [1.29, 1.82) is 0 Å². The number of carbonyl (C=O) groups is 2. The molecule has 0 aliphatic carbocycles. The second kappa shape index (κ2) is 7.37. The molecule has 2 heterocycles. The van der Waals surface area contributed by atoms with Crippen molar-refractivity contribution in [3.05, 3.63) is 24.3 Å². The molecular formula is C18H20N2O4. The van der Waals surface area contributed by atoms with E-state index in [0.717, 1.165) is 12.8 Å². The molecule has 2 aliphatic rings. The molecule has 1 fully saturated rings. The number of anilines is 1. The fourth-order valence-electron chi connectivity index (χ4n) is 3.03. The lowest BCUT2D eigenvalue weighted by molar-refractivity contribution is -0.125. The lowest BCUT2D eigenvalue weighted by atomic mass is 9.92. The van der Waals surface area contributed by atoms with E-state index in [-0.39, 0.29) is 36.9 Å². The first-order valence-corrected chi connectivity index (χ1v) is 8.04. The fraction of sp³-hybridized carbons (Fsp3) is 0.444. The number of carbonyl (C=O) groups excluding carboxylic acids is 2. The molecule has 6 nitrogen and oxygen atoms in total. The van der Waals surface area contributed by atoms with Crippen LogP contribution in [0, 0.1) is 18.3 Å². The van der Waals surface area contributed by atoms with Crippen LogP contribution in [0.25, 0.3) is 0 Å². The molecule has 0 spiro atoms. The van der Waals surface area contributed by atoms with Crippen molar-refractivity contribution in [1.82, 2.24) is 5.32 Å². The Kier molecular flexibility index (Phi) is 5.02. The number of benzene rings is 1. The number of para-hydroxylation sites is 2. The first kappa shape index (κ1) is 16.3. The van der Waals surface area contributed by atoms with Crippen LogP contribution in [0.4, 0.5) is 5.69 Å². The van der Waals surface area contributed by atoms with Gasteiger partial charge in [0.15, 0.2) is 6.61 Å². The van der Waals surface area contributed by atoms with Crippen molar-refractivity contribution in [3.63, 3.8) is 0 Å². The fourth-order valence-corrected chi connectivity index (χ4v) is 3.03. The van der Waals surface area contributed by atoms with Gasteiger partial charge in [-0.2, -0.15) is 0 Å². The monoisotopic (exact) mass is 328 g/mol. The highest BCUT2D eigenvalue weighted by Gasteiger charge is 2.29. The average Bonchev–Trinajstić information content (AvgIpc) is 2.63. The third-order valence-corrected chi connectivity index (χ3v) is 4.34. The topological polar surface area (TPSA) is 67.9 Å². The number of hydrogen-bond acceptors (Lipinski definition) is 4. The normalized spacial score (nSPS) is 19.0. The lowest BCUT2D eigenvalue weighted by Crippen LogP contribution is -2.49. The number of terminal acetylenes is 1. The molecule has 2 aliphatic heterocycles. The summed E-state index contributed by atoms with van der Waals surface area (Å²) in [6, 6.07) is 6.83. The predicted octanol–water partition coefficient (Wildman–Crippen LogP) is 0.957. The van der Waals surface area contributed by atoms with E-state index in [1.807, 2.05) is 6.07 Å². The van der Waals surface area contributed by atoms with Gasteiger partial charge in [-0.05, 0) is 30.9 Å². The van der Waals surface area contributed by atoms with E-state index < -0.39 is 0 Å². The molecular weight excluding hydrogens is 308 g/mol. The van der Waals surface area contributed by atoms with E-state index in [4.69, 9.17) is 15.9 Å². The Morgan fingerprint density at radius 2 is 2.12 bits per heavy atom. The summed E-state index contributed by atoms with van der Waals surface area (Å²) in [7, 11) is 0. The van der Waals surface area contributed by atoms with Gasteiger partial charge >= 0.3 is 0 Å². The van der Waals surface area contributed by atoms with E-state index in [1.165, 1.54) is 4.90 Å². The standard InChI is InChI=1S/C18H20N2O4/c1-2-14(13-7-9-23-10-8-13)19-17(21)11-20-15-5-3-4-6-16(15)24-12-18(20)22/h1,3-6,13-14H,7-12H2,(H,19,21)/t14-/m0/s1. The summed E-state index contributed by atoms with van der Waals surface area (Å²) in [6.45, 7) is 1.19. The van der Waals surface area contributed by atoms with Gasteiger partial charge in [0.05, 0.1) is 11.7 Å². The summed E-state index contributed by atoms with van der Waals surface area (Å²) in [5, 5.41) is 2.87. The number of fused-ring (bicyclic) bond motifs is 1. The van der Waals surface area contributed by atoms with Crippen LogP contribution in [-0.4, -0.2) is 44.2 Å². The highest BCUT2D eigenvalue weighted by atomic mass is 16.5. The van der Waals surface area contributed by atoms with Crippen molar-refractivity contribution in [2.24, 2.45) is 5.92 Å². The molecule has 126 valence electrons. The first-order chi connectivity index (χ1) is 11.7. The molecule has 0 aromatic heterocycles. The molecule has 1 atom stereocenters. The zero-order chi connectivity index (χ0) is 16.9. The second-order valence-corrected chi connectivity index (χ2v) is 5.90. The molecule has 0 bridgehead atoms. The molecule has 24 heavy (non-hydrogen) atoms. The summed E-state index contributed by atoms with van der Waals surface area (Å²) in [5.74, 6) is 2.95. The molecule has 0 saturated carbocycles. The Hall–Kier alpha value is -2.52. The van der Waals surface area contributed by atoms with Gasteiger partial charge in [0.1, 0.15) is 12.3 Å². The molecule has 2 amide bonds. The second-order valence-electron chi connectivity index (χ2n) is 5.90. The highest BCUT2D eigenvalue weighted by molar-refractivity contribution is 6.02. The van der Waals surface area contributed by atoms with E-state index in [9.17, 15) is 9.59 Å². The smallest absolute Gasteiger partial charge is 0.265 e. The highest BCUT2D eigenvalue weighted by Crippen LogP contribution is 2.31. The number of nitrogens with zero attached hydrogens (tertiary/aromatic N) is 1. The molecule has 6 heteroatoms. The van der Waals surface area contributed by atoms with E-state index in [0.29, 0.717) is 24.7 Å². The van der Waals surface area contributed by atoms with Gasteiger partial charge in [-0.15, -0.1) is 6.42 Å². The van der Waals surface area contributed by atoms with Crippen molar-refractivity contribution in [3.8, 4) is 18.1 Å². The summed E-state index contributed by atoms with van der Waals surface area (Å²) in [4.78, 5) is 26.0. The molecule has 1 aromatic rings. The maximum atomic E-state index is 12.4. The van der Waals surface area contributed by atoms with Crippen LogP contribution < -0.4 is 15.0 Å². The van der Waals surface area contributed by atoms with Gasteiger partial charge in [-0.25, -0.2) is 0 Å². The van der Waals surface area contributed by atoms with Crippen molar-refractivity contribution < 1.29 is 19.1 Å². The maximum absolute atomic E-state index is 12.4. The summed E-state index contributed by atoms with van der Waals surface area (Å²) >= 11 is 0. The van der Waals surface area contributed by atoms with Gasteiger partial charge in [0.25, 0.3) is 5.91 Å². The SMILES string of the molecule is C#C[C@H](NC(=O)CN1C(=O)COc2ccccc21)C1CCOCC1. The molecule has 1 aromatic carbocycles. The quantitative estimate of drug-likeness (QED) is 0.836. The largest absolute Gasteiger partial charge is 0.482 e. The zero-order valence-electron chi connectivity index (χ0n) is 13.4. The Labute approximate surface area is 141 Å². The number of amides is 2. The van der Waals surface area contributed by atoms with Crippen LogP contribution >= 0.6 is 0 Å². The number of hydrogen-bond donors (Lipinski definition) is 1. The Bertz CT molecular complexity index is 661. The number of rotatable bonds is 4. The molecule has 3 rings (SSSR count). The number of nitrogens with one attached hydrogen (secondary N) is 1. The van der Waals surface area contributed by atoms with E-state index >= 15 is 0 Å². The molecule has 0 radical (unpaired) electrons. The lowest BCUT2D eigenvalue weighted by Gasteiger charge is -2.31. The van der Waals surface area contributed by atoms with Gasteiger partial charge < -0.3 is 14.8 Å². The van der Waals surface area contributed by atoms with Crippen LogP contribution in [0.3, 0.4) is 0 Å². The minimum absolute atomic E-state index is 0.0666. The van der Waals surface area contributed by atoms with Gasteiger partial charge in [-0.3, -0.25) is 14.5 Å². The van der Waals surface area contributed by atoms with Crippen molar-refractivity contribution in [2.45, 2.75) is 18.9 Å². The van der Waals surface area contributed by atoms with Gasteiger partial charge in [-0.1, -0.05) is 18.1 Å². The summed E-state index contributed by atoms with van der Waals surface area (Å²) < 4.78 is 10.7. The third kappa shape index (κ3) is 3.52. The van der Waals surface area contributed by atoms with E-state index in [2.05, 4.69) is 11.2 Å². The molecule has 1 saturated heterocycles. The molecule has 1 N–H and O–H groups in total. The minimum atomic E-state index is -0.340. The van der Waals surface area contributed by atoms with E-state index in [1.54, 1.807) is 18.2 Å². The van der Waals surface area contributed by atoms with Crippen LogP contribution in [0.15, 0.2) is 24.3 Å². The third-order valence-electron chi connectivity index (χ3n) is 4.34. The van der Waals surface area contributed by atoms with Crippen molar-refractivity contribution >= 4 is 17.5 Å². The average molecular weight is 328 g/mol. The summed E-state index contributed by atoms with van der Waals surface area (Å²) in [5.41, 5.74) is 0.604. The van der Waals surface area contributed by atoms with Crippen LogP contribution in [0.1, 0.15) is 12.8 Å². The summed E-state index contributed by atoms with van der Waals surface area (Å²) in [6.07, 6.45) is 7.24. The Morgan fingerprint density at radius 1 is 1.38 bits per heavy atom. The van der Waals surface area contributed by atoms with Gasteiger partial charge in [0, 0.05) is 13.2 Å². The number of ether oxygens (including phenoxy) is 2. The maximum Gasteiger partial charge on any atom is 0.265 e. The Morgan fingerprint density at radius 3 is 2.88 bits per heavy atom. The van der Waals surface area contributed by atoms with Crippen molar-refractivity contribution in [2.75, 3.05) is 31.3 Å². The van der Waals surface area contributed by atoms with Crippen LogP contribution in [-0.2, 0) is 14.3 Å². The first-order valence-electron chi connectivity index (χ1n) is 8.04. The van der Waals surface area contributed by atoms with Gasteiger partial charge in [0.2, 0.25) is 5.91 Å². The predicted molar refractivity (Wildman–Crippen MR) is 88.6 cm³/mol. The zero-order valence-corrected chi connectivity index (χ0v) is 13.4. The molecule has 0 unspecified atom stereocenters. The Balaban J connectivity index is 1.66. The minimum Gasteiger partial charge on any atom is -0.482 e. The van der Waals surface area contributed by atoms with Crippen LogP contribution in [0.2, 0.25) is 0 Å². The van der Waals surface area contributed by atoms with Crippen LogP contribution in [0.5, 0.6) is 5.75 Å².